The molecule has 0 aromatic heterocycles. The lowest BCUT2D eigenvalue weighted by Gasteiger charge is -2.24. The SMILES string of the molecule is O=C(O)CN(C(=O)C1CC(=O)N(c2ccc3c(c2)OCCO3)C1)C1CC1. The van der Waals surface area contributed by atoms with Crippen molar-refractivity contribution in [1.82, 2.24) is 4.90 Å². The fourth-order valence-electron chi connectivity index (χ4n) is 3.48. The monoisotopic (exact) mass is 360 g/mol. The van der Waals surface area contributed by atoms with Crippen molar-refractivity contribution in [2.24, 2.45) is 5.92 Å². The van der Waals surface area contributed by atoms with Crippen LogP contribution in [0.3, 0.4) is 0 Å². The number of rotatable bonds is 5. The van der Waals surface area contributed by atoms with E-state index in [2.05, 4.69) is 0 Å². The number of fused-ring (bicyclic) bond motifs is 1. The first kappa shape index (κ1) is 16.7. The molecule has 3 aliphatic rings. The minimum Gasteiger partial charge on any atom is -0.486 e. The number of ether oxygens (including phenoxy) is 2. The standard InChI is InChI=1S/C18H20N2O6/c21-16-7-11(18(24)20(10-17(22)23)12-1-2-12)9-19(16)13-3-4-14-15(8-13)26-6-5-25-14/h3-4,8,11-12H,1-2,5-7,9-10H2,(H,22,23). The summed E-state index contributed by atoms with van der Waals surface area (Å²) >= 11 is 0. The summed E-state index contributed by atoms with van der Waals surface area (Å²) in [7, 11) is 0. The van der Waals surface area contributed by atoms with E-state index in [9.17, 15) is 14.4 Å². The van der Waals surface area contributed by atoms with E-state index >= 15 is 0 Å². The van der Waals surface area contributed by atoms with Gasteiger partial charge in [-0.15, -0.1) is 0 Å². The van der Waals surface area contributed by atoms with Crippen molar-refractivity contribution in [3.63, 3.8) is 0 Å². The number of benzene rings is 1. The molecule has 1 saturated carbocycles. The Hall–Kier alpha value is -2.77. The average molecular weight is 360 g/mol. The summed E-state index contributed by atoms with van der Waals surface area (Å²) in [6.07, 6.45) is 1.74. The minimum atomic E-state index is -1.03. The second-order valence-electron chi connectivity index (χ2n) is 6.82. The van der Waals surface area contributed by atoms with E-state index in [0.29, 0.717) is 30.4 Å². The Morgan fingerprint density at radius 2 is 1.92 bits per heavy atom. The molecule has 4 rings (SSSR count). The molecular weight excluding hydrogens is 340 g/mol. The van der Waals surface area contributed by atoms with E-state index in [1.165, 1.54) is 4.90 Å². The molecule has 1 aliphatic carbocycles. The van der Waals surface area contributed by atoms with Crippen molar-refractivity contribution < 1.29 is 29.0 Å². The molecule has 1 aromatic rings. The van der Waals surface area contributed by atoms with Gasteiger partial charge < -0.3 is 24.4 Å². The van der Waals surface area contributed by atoms with Gasteiger partial charge >= 0.3 is 5.97 Å². The molecule has 2 heterocycles. The summed E-state index contributed by atoms with van der Waals surface area (Å²) in [6.45, 7) is 0.890. The van der Waals surface area contributed by atoms with Gasteiger partial charge in [0, 0.05) is 30.8 Å². The predicted octanol–water partition coefficient (Wildman–Crippen LogP) is 0.886. The van der Waals surface area contributed by atoms with Crippen LogP contribution < -0.4 is 14.4 Å². The maximum Gasteiger partial charge on any atom is 0.323 e. The van der Waals surface area contributed by atoms with Crippen LogP contribution in [0.25, 0.3) is 0 Å². The van der Waals surface area contributed by atoms with Gasteiger partial charge in [-0.25, -0.2) is 0 Å². The van der Waals surface area contributed by atoms with Gasteiger partial charge in [0.15, 0.2) is 11.5 Å². The first-order valence-corrected chi connectivity index (χ1v) is 8.75. The largest absolute Gasteiger partial charge is 0.486 e. The molecule has 0 spiro atoms. The molecule has 8 heteroatoms. The normalized spacial score (nSPS) is 21.6. The molecule has 0 radical (unpaired) electrons. The molecule has 26 heavy (non-hydrogen) atoms. The van der Waals surface area contributed by atoms with Crippen LogP contribution in [0.5, 0.6) is 11.5 Å². The number of carbonyl (C=O) groups excluding carboxylic acids is 2. The van der Waals surface area contributed by atoms with Crippen LogP contribution in [-0.4, -0.2) is 60.1 Å². The fraction of sp³-hybridized carbons (Fsp3) is 0.500. The summed E-state index contributed by atoms with van der Waals surface area (Å²) in [5.74, 6) is -0.717. The minimum absolute atomic E-state index is 0.00274. The van der Waals surface area contributed by atoms with Crippen LogP contribution in [0.1, 0.15) is 19.3 Å². The van der Waals surface area contributed by atoms with Crippen LogP contribution in [0.15, 0.2) is 18.2 Å². The van der Waals surface area contributed by atoms with Crippen molar-refractivity contribution in [1.29, 1.82) is 0 Å². The van der Waals surface area contributed by atoms with Crippen molar-refractivity contribution >= 4 is 23.5 Å². The highest BCUT2D eigenvalue weighted by Gasteiger charge is 2.42. The molecule has 1 aromatic carbocycles. The van der Waals surface area contributed by atoms with Crippen LogP contribution in [0, 0.1) is 5.92 Å². The molecule has 1 saturated heterocycles. The van der Waals surface area contributed by atoms with Gasteiger partial charge in [-0.05, 0) is 25.0 Å². The van der Waals surface area contributed by atoms with Gasteiger partial charge in [-0.2, -0.15) is 0 Å². The fourth-order valence-corrected chi connectivity index (χ4v) is 3.48. The number of anilines is 1. The van der Waals surface area contributed by atoms with E-state index in [1.54, 1.807) is 23.1 Å². The lowest BCUT2D eigenvalue weighted by atomic mass is 10.1. The highest BCUT2D eigenvalue weighted by molar-refractivity contribution is 6.01. The molecule has 138 valence electrons. The summed E-state index contributed by atoms with van der Waals surface area (Å²) < 4.78 is 11.0. The van der Waals surface area contributed by atoms with Gasteiger partial charge in [-0.1, -0.05) is 0 Å². The van der Waals surface area contributed by atoms with Gasteiger partial charge in [-0.3, -0.25) is 14.4 Å². The van der Waals surface area contributed by atoms with Gasteiger partial charge in [0.1, 0.15) is 19.8 Å². The van der Waals surface area contributed by atoms with Crippen molar-refractivity contribution in [3.8, 4) is 11.5 Å². The molecule has 1 unspecified atom stereocenters. The van der Waals surface area contributed by atoms with Crippen molar-refractivity contribution in [2.45, 2.75) is 25.3 Å². The number of aliphatic carboxylic acids is 1. The number of nitrogens with zero attached hydrogens (tertiary/aromatic N) is 2. The zero-order valence-electron chi connectivity index (χ0n) is 14.2. The van der Waals surface area contributed by atoms with Gasteiger partial charge in [0.2, 0.25) is 11.8 Å². The summed E-state index contributed by atoms with van der Waals surface area (Å²) in [4.78, 5) is 39.2. The Balaban J connectivity index is 1.49. The third-order valence-electron chi connectivity index (χ3n) is 4.89. The van der Waals surface area contributed by atoms with E-state index in [-0.39, 0.29) is 37.4 Å². The summed E-state index contributed by atoms with van der Waals surface area (Å²) in [5, 5.41) is 9.05. The molecule has 2 fully saturated rings. The third-order valence-corrected chi connectivity index (χ3v) is 4.89. The zero-order chi connectivity index (χ0) is 18.3. The van der Waals surface area contributed by atoms with Crippen LogP contribution in [-0.2, 0) is 14.4 Å². The van der Waals surface area contributed by atoms with Crippen molar-refractivity contribution in [3.05, 3.63) is 18.2 Å². The first-order valence-electron chi connectivity index (χ1n) is 8.75. The Morgan fingerprint density at radius 3 is 2.62 bits per heavy atom. The first-order chi connectivity index (χ1) is 12.5. The topological polar surface area (TPSA) is 96.4 Å². The third kappa shape index (κ3) is 3.18. The van der Waals surface area contributed by atoms with Crippen LogP contribution in [0.4, 0.5) is 5.69 Å². The van der Waals surface area contributed by atoms with E-state index in [1.807, 2.05) is 0 Å². The lowest BCUT2D eigenvalue weighted by Crippen LogP contribution is -2.42. The maximum atomic E-state index is 12.8. The van der Waals surface area contributed by atoms with Crippen LogP contribution >= 0.6 is 0 Å². The summed E-state index contributed by atoms with van der Waals surface area (Å²) in [6, 6.07) is 5.27. The van der Waals surface area contributed by atoms with E-state index in [4.69, 9.17) is 14.6 Å². The van der Waals surface area contributed by atoms with Crippen molar-refractivity contribution in [2.75, 3.05) is 31.2 Å². The molecule has 1 N–H and O–H groups in total. The Labute approximate surface area is 150 Å². The number of hydrogen-bond acceptors (Lipinski definition) is 5. The molecule has 8 nitrogen and oxygen atoms in total. The smallest absolute Gasteiger partial charge is 0.323 e. The lowest BCUT2D eigenvalue weighted by molar-refractivity contribution is -0.146. The second-order valence-corrected chi connectivity index (χ2v) is 6.82. The molecule has 2 aliphatic heterocycles. The number of amides is 2. The van der Waals surface area contributed by atoms with Crippen LogP contribution in [0.2, 0.25) is 0 Å². The highest BCUT2D eigenvalue weighted by Crippen LogP contribution is 2.37. The van der Waals surface area contributed by atoms with E-state index < -0.39 is 11.9 Å². The number of carboxylic acids is 1. The van der Waals surface area contributed by atoms with E-state index in [0.717, 1.165) is 12.8 Å². The Kier molecular flexibility index (Phi) is 4.18. The Morgan fingerprint density at radius 1 is 1.19 bits per heavy atom. The zero-order valence-corrected chi connectivity index (χ0v) is 14.2. The second kappa shape index (κ2) is 6.51. The molecule has 1 atom stereocenters. The molecular formula is C18H20N2O6. The predicted molar refractivity (Wildman–Crippen MR) is 90.3 cm³/mol. The number of hydrogen-bond donors (Lipinski definition) is 1. The highest BCUT2D eigenvalue weighted by atomic mass is 16.6. The molecule has 0 bridgehead atoms. The quantitative estimate of drug-likeness (QED) is 0.838. The van der Waals surface area contributed by atoms with Gasteiger partial charge in [0.05, 0.1) is 5.92 Å². The average Bonchev–Trinajstić information content (AvgIpc) is 3.40. The summed E-state index contributed by atoms with van der Waals surface area (Å²) in [5.41, 5.74) is 0.658. The number of carboxylic acid groups (broad SMARTS) is 1. The van der Waals surface area contributed by atoms with Gasteiger partial charge in [0.25, 0.3) is 0 Å². The molecule has 2 amide bonds. The number of carbonyl (C=O) groups is 3. The Bertz CT molecular complexity index is 760. The maximum absolute atomic E-state index is 12.8.